The van der Waals surface area contributed by atoms with Crippen molar-refractivity contribution in [3.63, 3.8) is 0 Å². The number of aromatic nitrogens is 2. The lowest BCUT2D eigenvalue weighted by atomic mass is 10.2. The number of nitro benzene ring substituents is 1. The molecule has 0 aliphatic carbocycles. The molecule has 0 aliphatic rings. The van der Waals surface area contributed by atoms with Gasteiger partial charge >= 0.3 is 0 Å². The Morgan fingerprint density at radius 2 is 2.26 bits per heavy atom. The van der Waals surface area contributed by atoms with Crippen LogP contribution in [0, 0.1) is 10.1 Å². The first-order chi connectivity index (χ1) is 11.1. The van der Waals surface area contributed by atoms with E-state index in [4.69, 9.17) is 0 Å². The van der Waals surface area contributed by atoms with Crippen LogP contribution in [-0.2, 0) is 6.42 Å². The monoisotopic (exact) mass is 328 g/mol. The molecule has 0 atom stereocenters. The maximum atomic E-state index is 12.4. The molecule has 7 nitrogen and oxygen atoms in total. The predicted molar refractivity (Wildman–Crippen MR) is 89.3 cm³/mol. The third-order valence-corrected chi connectivity index (χ3v) is 4.43. The van der Waals surface area contributed by atoms with Gasteiger partial charge in [0.15, 0.2) is 0 Å². The molecule has 23 heavy (non-hydrogen) atoms. The van der Waals surface area contributed by atoms with Crippen LogP contribution in [0.5, 0.6) is 0 Å². The lowest BCUT2D eigenvalue weighted by Crippen LogP contribution is -2.16. The number of nitro groups is 1. The molecule has 0 fully saturated rings. The predicted octanol–water partition coefficient (Wildman–Crippen LogP) is 2.81. The van der Waals surface area contributed by atoms with E-state index in [2.05, 4.69) is 10.1 Å². The molecule has 0 radical (unpaired) electrons. The summed E-state index contributed by atoms with van der Waals surface area (Å²) in [4.78, 5) is 28.6. The van der Waals surface area contributed by atoms with Gasteiger partial charge in [-0.3, -0.25) is 14.9 Å². The molecule has 0 bridgehead atoms. The second-order valence-electron chi connectivity index (χ2n) is 4.78. The molecule has 3 rings (SSSR count). The topological polar surface area (TPSA) is 90.4 Å². The first-order valence-electron chi connectivity index (χ1n) is 6.87. The minimum Gasteiger partial charge on any atom is -0.267 e. The Morgan fingerprint density at radius 3 is 3.00 bits per heavy atom. The maximum Gasteiger partial charge on any atom is 0.282 e. The van der Waals surface area contributed by atoms with E-state index in [1.165, 1.54) is 36.0 Å². The van der Waals surface area contributed by atoms with Crippen LogP contribution in [0.15, 0.2) is 46.6 Å². The zero-order chi connectivity index (χ0) is 16.4. The van der Waals surface area contributed by atoms with Crippen LogP contribution in [0.1, 0.15) is 17.4 Å². The van der Waals surface area contributed by atoms with Gasteiger partial charge in [-0.15, -0.1) is 11.3 Å². The highest BCUT2D eigenvalue weighted by molar-refractivity contribution is 7.18. The Morgan fingerprint density at radius 1 is 1.43 bits per heavy atom. The first kappa shape index (κ1) is 15.0. The molecule has 0 spiro atoms. The molecule has 0 unspecified atom stereocenters. The smallest absolute Gasteiger partial charge is 0.267 e. The van der Waals surface area contributed by atoms with Crippen LogP contribution >= 0.6 is 11.3 Å². The summed E-state index contributed by atoms with van der Waals surface area (Å²) in [5, 5.41) is 15.3. The highest BCUT2D eigenvalue weighted by Gasteiger charge is 2.08. The van der Waals surface area contributed by atoms with Crippen molar-refractivity contribution in [1.29, 1.82) is 0 Å². The Kier molecular flexibility index (Phi) is 3.98. The van der Waals surface area contributed by atoms with Crippen molar-refractivity contribution < 1.29 is 4.92 Å². The average molecular weight is 328 g/mol. The van der Waals surface area contributed by atoms with E-state index < -0.39 is 4.92 Å². The molecular formula is C15H12N4O3S. The summed E-state index contributed by atoms with van der Waals surface area (Å²) in [6, 6.07) is 7.85. The normalized spacial score (nSPS) is 11.3. The van der Waals surface area contributed by atoms with Gasteiger partial charge in [-0.05, 0) is 12.5 Å². The number of rotatable bonds is 4. The molecule has 1 aromatic carbocycles. The van der Waals surface area contributed by atoms with Crippen LogP contribution < -0.4 is 5.56 Å². The number of fused-ring (bicyclic) bond motifs is 1. The standard InChI is InChI=1S/C15H12N4O3S/c1-2-12-7-13-14(23-12)16-9-18(15(13)20)17-8-10-4-3-5-11(6-10)19(21)22/h3-9H,2H2,1H3/b17-8-. The fourth-order valence-corrected chi connectivity index (χ4v) is 2.99. The summed E-state index contributed by atoms with van der Waals surface area (Å²) < 4.78 is 1.13. The van der Waals surface area contributed by atoms with Gasteiger partial charge in [0, 0.05) is 22.6 Å². The van der Waals surface area contributed by atoms with Gasteiger partial charge in [-0.2, -0.15) is 9.78 Å². The number of non-ortho nitro benzene ring substituents is 1. The molecule has 116 valence electrons. The third kappa shape index (κ3) is 3.02. The van der Waals surface area contributed by atoms with E-state index in [9.17, 15) is 14.9 Å². The van der Waals surface area contributed by atoms with E-state index in [0.717, 1.165) is 16.0 Å². The van der Waals surface area contributed by atoms with Gasteiger partial charge in [0.05, 0.1) is 16.5 Å². The molecular weight excluding hydrogens is 316 g/mol. The Balaban J connectivity index is 1.98. The fourth-order valence-electron chi connectivity index (χ4n) is 2.07. The summed E-state index contributed by atoms with van der Waals surface area (Å²) in [5.41, 5.74) is 0.249. The number of benzene rings is 1. The van der Waals surface area contributed by atoms with Crippen molar-refractivity contribution in [3.8, 4) is 0 Å². The average Bonchev–Trinajstić information content (AvgIpc) is 2.99. The Hall–Kier alpha value is -2.87. The zero-order valence-electron chi connectivity index (χ0n) is 12.2. The minimum atomic E-state index is -0.477. The first-order valence-corrected chi connectivity index (χ1v) is 7.69. The van der Waals surface area contributed by atoms with Gasteiger partial charge in [-0.1, -0.05) is 19.1 Å². The summed E-state index contributed by atoms with van der Waals surface area (Å²) in [7, 11) is 0. The van der Waals surface area contributed by atoms with Crippen LogP contribution in [0.25, 0.3) is 10.2 Å². The number of nitrogens with zero attached hydrogens (tertiary/aromatic N) is 4. The molecule has 2 heterocycles. The summed E-state index contributed by atoms with van der Waals surface area (Å²) in [6.45, 7) is 2.02. The molecule has 0 saturated heterocycles. The molecule has 8 heteroatoms. The number of hydrogen-bond donors (Lipinski definition) is 0. The molecule has 0 aliphatic heterocycles. The fraction of sp³-hybridized carbons (Fsp3) is 0.133. The van der Waals surface area contributed by atoms with Gasteiger partial charge in [-0.25, -0.2) is 4.98 Å². The van der Waals surface area contributed by atoms with Gasteiger partial charge in [0.2, 0.25) is 0 Å². The lowest BCUT2D eigenvalue weighted by Gasteiger charge is -1.97. The largest absolute Gasteiger partial charge is 0.282 e. The molecule has 0 amide bonds. The summed E-state index contributed by atoms with van der Waals surface area (Å²) >= 11 is 1.49. The number of hydrogen-bond acceptors (Lipinski definition) is 6. The van der Waals surface area contributed by atoms with Crippen LogP contribution in [0.3, 0.4) is 0 Å². The molecule has 2 aromatic heterocycles. The summed E-state index contributed by atoms with van der Waals surface area (Å²) in [6.07, 6.45) is 3.60. The highest BCUT2D eigenvalue weighted by atomic mass is 32.1. The SMILES string of the molecule is CCc1cc2c(=O)n(/N=C\c3cccc([N+](=O)[O-])c3)cnc2s1. The zero-order valence-corrected chi connectivity index (χ0v) is 13.0. The third-order valence-electron chi connectivity index (χ3n) is 3.25. The Labute approximate surface area is 134 Å². The number of aryl methyl sites for hydroxylation is 1. The van der Waals surface area contributed by atoms with Gasteiger partial charge in [0.25, 0.3) is 11.2 Å². The van der Waals surface area contributed by atoms with E-state index in [1.54, 1.807) is 12.1 Å². The van der Waals surface area contributed by atoms with E-state index in [1.807, 2.05) is 13.0 Å². The van der Waals surface area contributed by atoms with Crippen molar-refractivity contribution in [2.45, 2.75) is 13.3 Å². The van der Waals surface area contributed by atoms with Crippen molar-refractivity contribution in [2.75, 3.05) is 0 Å². The minimum absolute atomic E-state index is 0.0275. The van der Waals surface area contributed by atoms with Crippen molar-refractivity contribution >= 4 is 33.5 Å². The van der Waals surface area contributed by atoms with E-state index in [-0.39, 0.29) is 11.2 Å². The molecule has 0 N–H and O–H groups in total. The quantitative estimate of drug-likeness (QED) is 0.418. The van der Waals surface area contributed by atoms with Crippen molar-refractivity contribution in [2.24, 2.45) is 5.10 Å². The van der Waals surface area contributed by atoms with Crippen LogP contribution in [0.4, 0.5) is 5.69 Å². The second kappa shape index (κ2) is 6.09. The summed E-state index contributed by atoms with van der Waals surface area (Å²) in [5.74, 6) is 0. The molecule has 0 saturated carbocycles. The van der Waals surface area contributed by atoms with Crippen molar-refractivity contribution in [1.82, 2.24) is 9.66 Å². The lowest BCUT2D eigenvalue weighted by molar-refractivity contribution is -0.384. The highest BCUT2D eigenvalue weighted by Crippen LogP contribution is 2.20. The van der Waals surface area contributed by atoms with E-state index in [0.29, 0.717) is 15.8 Å². The number of thiophene rings is 1. The molecule has 3 aromatic rings. The van der Waals surface area contributed by atoms with Crippen molar-refractivity contribution in [3.05, 3.63) is 67.6 Å². The van der Waals surface area contributed by atoms with Crippen LogP contribution in [-0.4, -0.2) is 20.8 Å². The van der Waals surface area contributed by atoms with Gasteiger partial charge in [0.1, 0.15) is 11.2 Å². The Bertz CT molecular complexity index is 974. The second-order valence-corrected chi connectivity index (χ2v) is 5.89. The van der Waals surface area contributed by atoms with E-state index >= 15 is 0 Å². The maximum absolute atomic E-state index is 12.4. The van der Waals surface area contributed by atoms with Gasteiger partial charge < -0.3 is 0 Å². The van der Waals surface area contributed by atoms with Crippen LogP contribution in [0.2, 0.25) is 0 Å².